The van der Waals surface area contributed by atoms with Crippen LogP contribution in [0, 0.1) is 18.3 Å². The zero-order valence-electron chi connectivity index (χ0n) is 10.1. The molecule has 0 aliphatic rings. The van der Waals surface area contributed by atoms with E-state index in [0.717, 1.165) is 16.4 Å². The first-order valence-electron chi connectivity index (χ1n) is 5.48. The summed E-state index contributed by atoms with van der Waals surface area (Å²) in [7, 11) is 0. The molecule has 1 aromatic carbocycles. The van der Waals surface area contributed by atoms with Gasteiger partial charge in [0.1, 0.15) is 6.07 Å². The fraction of sp³-hybridized carbons (Fsp3) is 0.231. The van der Waals surface area contributed by atoms with Crippen LogP contribution in [-0.4, -0.2) is 4.98 Å². The zero-order valence-corrected chi connectivity index (χ0v) is 11.6. The molecule has 0 bridgehead atoms. The molecule has 0 amide bonds. The highest BCUT2D eigenvalue weighted by molar-refractivity contribution is 7.09. The summed E-state index contributed by atoms with van der Waals surface area (Å²) in [6, 6.07) is 7.37. The summed E-state index contributed by atoms with van der Waals surface area (Å²) in [6.07, 6.45) is 0. The van der Waals surface area contributed by atoms with E-state index in [-0.39, 0.29) is 6.04 Å². The summed E-state index contributed by atoms with van der Waals surface area (Å²) in [5.41, 5.74) is 2.29. The van der Waals surface area contributed by atoms with Gasteiger partial charge in [-0.15, -0.1) is 11.3 Å². The third kappa shape index (κ3) is 2.81. The molecule has 2 rings (SSSR count). The maximum Gasteiger partial charge on any atom is 0.101 e. The van der Waals surface area contributed by atoms with E-state index in [9.17, 15) is 0 Å². The summed E-state index contributed by atoms with van der Waals surface area (Å²) in [5, 5.41) is 16.0. The fourth-order valence-electron chi connectivity index (χ4n) is 1.62. The van der Waals surface area contributed by atoms with Gasteiger partial charge in [0.2, 0.25) is 0 Å². The summed E-state index contributed by atoms with van der Waals surface area (Å²) in [6.45, 7) is 3.98. The minimum absolute atomic E-state index is 0.0421. The molecule has 0 aliphatic carbocycles. The van der Waals surface area contributed by atoms with E-state index >= 15 is 0 Å². The lowest BCUT2D eigenvalue weighted by atomic mass is 10.1. The van der Waals surface area contributed by atoms with Crippen molar-refractivity contribution in [3.05, 3.63) is 44.9 Å². The van der Waals surface area contributed by atoms with Crippen LogP contribution in [0.15, 0.2) is 23.6 Å². The summed E-state index contributed by atoms with van der Waals surface area (Å²) >= 11 is 7.56. The van der Waals surface area contributed by atoms with Crippen LogP contribution < -0.4 is 5.32 Å². The van der Waals surface area contributed by atoms with Crippen molar-refractivity contribution in [1.82, 2.24) is 4.98 Å². The number of hydrogen-bond acceptors (Lipinski definition) is 4. The SMILES string of the molecule is Cc1nc(C(C)Nc2cc(Cl)ccc2C#N)cs1. The molecule has 1 N–H and O–H groups in total. The molecule has 3 nitrogen and oxygen atoms in total. The highest BCUT2D eigenvalue weighted by Crippen LogP contribution is 2.25. The molecule has 0 spiro atoms. The molecule has 1 heterocycles. The number of nitriles is 1. The van der Waals surface area contributed by atoms with Gasteiger partial charge in [0, 0.05) is 10.4 Å². The number of thiazole rings is 1. The van der Waals surface area contributed by atoms with Crippen LogP contribution in [-0.2, 0) is 0 Å². The summed E-state index contributed by atoms with van der Waals surface area (Å²) in [5.74, 6) is 0. The van der Waals surface area contributed by atoms with E-state index < -0.39 is 0 Å². The predicted molar refractivity (Wildman–Crippen MR) is 75.1 cm³/mol. The van der Waals surface area contributed by atoms with Crippen LogP contribution in [0.1, 0.15) is 29.2 Å². The lowest BCUT2D eigenvalue weighted by molar-refractivity contribution is 0.845. The van der Waals surface area contributed by atoms with Crippen LogP contribution in [0.2, 0.25) is 5.02 Å². The largest absolute Gasteiger partial charge is 0.376 e. The van der Waals surface area contributed by atoms with E-state index in [1.807, 2.05) is 19.2 Å². The molecular weight excluding hydrogens is 266 g/mol. The number of anilines is 1. The van der Waals surface area contributed by atoms with Crippen molar-refractivity contribution in [2.24, 2.45) is 0 Å². The molecule has 0 saturated heterocycles. The van der Waals surface area contributed by atoms with Crippen molar-refractivity contribution in [2.75, 3.05) is 5.32 Å². The van der Waals surface area contributed by atoms with Gasteiger partial charge in [-0.3, -0.25) is 0 Å². The van der Waals surface area contributed by atoms with Gasteiger partial charge in [0.05, 0.1) is 28.0 Å². The van der Waals surface area contributed by atoms with Crippen LogP contribution in [0.4, 0.5) is 5.69 Å². The molecule has 92 valence electrons. The van der Waals surface area contributed by atoms with Crippen LogP contribution in [0.25, 0.3) is 0 Å². The second kappa shape index (κ2) is 5.38. The number of nitrogens with one attached hydrogen (secondary N) is 1. The van der Waals surface area contributed by atoms with Gasteiger partial charge in [-0.2, -0.15) is 5.26 Å². The molecule has 1 atom stereocenters. The van der Waals surface area contributed by atoms with Crippen molar-refractivity contribution in [1.29, 1.82) is 5.26 Å². The molecule has 1 aromatic heterocycles. The van der Waals surface area contributed by atoms with E-state index in [0.29, 0.717) is 10.6 Å². The van der Waals surface area contributed by atoms with Crippen molar-refractivity contribution < 1.29 is 0 Å². The fourth-order valence-corrected chi connectivity index (χ4v) is 2.50. The van der Waals surface area contributed by atoms with Crippen LogP contribution in [0.5, 0.6) is 0 Å². The standard InChI is InChI=1S/C13H12ClN3S/c1-8(13-7-18-9(2)17-13)16-12-5-11(14)4-3-10(12)6-15/h3-5,7-8,16H,1-2H3. The number of hydrogen-bond donors (Lipinski definition) is 1. The van der Waals surface area contributed by atoms with Crippen molar-refractivity contribution >= 4 is 28.6 Å². The predicted octanol–water partition coefficient (Wildman–Crippen LogP) is 4.15. The minimum atomic E-state index is 0.0421. The highest BCUT2D eigenvalue weighted by Gasteiger charge is 2.11. The van der Waals surface area contributed by atoms with Crippen LogP contribution in [0.3, 0.4) is 0 Å². The monoisotopic (exact) mass is 277 g/mol. The number of nitrogens with zero attached hydrogens (tertiary/aromatic N) is 2. The normalized spacial score (nSPS) is 11.9. The van der Waals surface area contributed by atoms with Gasteiger partial charge in [-0.1, -0.05) is 11.6 Å². The molecule has 1 unspecified atom stereocenters. The molecule has 18 heavy (non-hydrogen) atoms. The molecule has 2 aromatic rings. The first-order chi connectivity index (χ1) is 8.60. The highest BCUT2D eigenvalue weighted by atomic mass is 35.5. The Kier molecular flexibility index (Phi) is 3.85. The summed E-state index contributed by atoms with van der Waals surface area (Å²) < 4.78 is 0. The second-order valence-electron chi connectivity index (χ2n) is 3.96. The Morgan fingerprint density at radius 3 is 2.89 bits per heavy atom. The lowest BCUT2D eigenvalue weighted by Gasteiger charge is -2.14. The molecule has 5 heteroatoms. The Balaban J connectivity index is 2.24. The van der Waals surface area contributed by atoms with Crippen molar-refractivity contribution in [3.8, 4) is 6.07 Å². The quantitative estimate of drug-likeness (QED) is 0.917. The lowest BCUT2D eigenvalue weighted by Crippen LogP contribution is -2.08. The van der Waals surface area contributed by atoms with E-state index in [1.54, 1.807) is 29.5 Å². The Bertz CT molecular complexity index is 601. The maximum atomic E-state index is 9.05. The number of aryl methyl sites for hydroxylation is 1. The first kappa shape index (κ1) is 12.9. The Hall–Kier alpha value is -1.57. The molecule has 0 fully saturated rings. The zero-order chi connectivity index (χ0) is 13.1. The Labute approximate surface area is 115 Å². The smallest absolute Gasteiger partial charge is 0.101 e. The third-order valence-corrected chi connectivity index (χ3v) is 3.58. The molecule has 0 radical (unpaired) electrons. The van der Waals surface area contributed by atoms with Gasteiger partial charge in [0.15, 0.2) is 0 Å². The van der Waals surface area contributed by atoms with Gasteiger partial charge < -0.3 is 5.32 Å². The first-order valence-corrected chi connectivity index (χ1v) is 6.74. The molecule has 0 saturated carbocycles. The van der Waals surface area contributed by atoms with Crippen molar-refractivity contribution in [2.45, 2.75) is 19.9 Å². The third-order valence-electron chi connectivity index (χ3n) is 2.55. The summed E-state index contributed by atoms with van der Waals surface area (Å²) in [4.78, 5) is 4.42. The molecule has 0 aliphatic heterocycles. The van der Waals surface area contributed by atoms with Gasteiger partial charge in [-0.25, -0.2) is 4.98 Å². The number of rotatable bonds is 3. The second-order valence-corrected chi connectivity index (χ2v) is 5.46. The topological polar surface area (TPSA) is 48.7 Å². The number of halogens is 1. The van der Waals surface area contributed by atoms with E-state index in [4.69, 9.17) is 16.9 Å². The van der Waals surface area contributed by atoms with Crippen LogP contribution >= 0.6 is 22.9 Å². The average molecular weight is 278 g/mol. The Morgan fingerprint density at radius 1 is 1.50 bits per heavy atom. The van der Waals surface area contributed by atoms with Gasteiger partial charge in [-0.05, 0) is 32.0 Å². The number of benzene rings is 1. The van der Waals surface area contributed by atoms with Crippen molar-refractivity contribution in [3.63, 3.8) is 0 Å². The van der Waals surface area contributed by atoms with Gasteiger partial charge in [0.25, 0.3) is 0 Å². The minimum Gasteiger partial charge on any atom is -0.376 e. The van der Waals surface area contributed by atoms with Gasteiger partial charge >= 0.3 is 0 Å². The van der Waals surface area contributed by atoms with E-state index in [2.05, 4.69) is 16.4 Å². The average Bonchev–Trinajstić information content (AvgIpc) is 2.76. The maximum absolute atomic E-state index is 9.05. The Morgan fingerprint density at radius 2 is 2.28 bits per heavy atom. The number of aromatic nitrogens is 1. The van der Waals surface area contributed by atoms with E-state index in [1.165, 1.54) is 0 Å². The molecular formula is C13H12ClN3S.